The van der Waals surface area contributed by atoms with Gasteiger partial charge in [-0.2, -0.15) is 10.2 Å². The molecule has 0 bridgehead atoms. The molecular weight excluding hydrogens is 362 g/mol. The zero-order chi connectivity index (χ0) is 20.0. The van der Waals surface area contributed by atoms with Gasteiger partial charge in [0.2, 0.25) is 5.95 Å². The molecule has 0 amide bonds. The first-order valence-electron chi connectivity index (χ1n) is 9.92. The number of nitrogens with zero attached hydrogens (tertiary/aromatic N) is 6. The van der Waals surface area contributed by atoms with Gasteiger partial charge in [0.25, 0.3) is 0 Å². The molecule has 1 aliphatic rings. The molecule has 1 aromatic carbocycles. The van der Waals surface area contributed by atoms with Crippen LogP contribution in [0.3, 0.4) is 0 Å². The van der Waals surface area contributed by atoms with Crippen molar-refractivity contribution in [3.8, 4) is 22.5 Å². The van der Waals surface area contributed by atoms with E-state index in [2.05, 4.69) is 53.5 Å². The first-order valence-corrected chi connectivity index (χ1v) is 9.92. The van der Waals surface area contributed by atoms with E-state index in [0.717, 1.165) is 59.0 Å². The Morgan fingerprint density at radius 2 is 2.03 bits per heavy atom. The third-order valence-corrected chi connectivity index (χ3v) is 5.35. The summed E-state index contributed by atoms with van der Waals surface area (Å²) in [6.07, 6.45) is 5.67. The van der Waals surface area contributed by atoms with Gasteiger partial charge < -0.3 is 5.32 Å². The van der Waals surface area contributed by atoms with Crippen LogP contribution in [0.4, 0.5) is 11.8 Å². The van der Waals surface area contributed by atoms with E-state index in [4.69, 9.17) is 10.1 Å². The Kier molecular flexibility index (Phi) is 4.16. The molecule has 1 aliphatic carbocycles. The van der Waals surface area contributed by atoms with Crippen LogP contribution in [0, 0.1) is 6.92 Å². The van der Waals surface area contributed by atoms with Crippen molar-refractivity contribution < 1.29 is 0 Å². The molecule has 4 aromatic rings. The number of nitrogens with one attached hydrogen (secondary N) is 1. The number of hydrogen-bond acceptors (Lipinski definition) is 5. The number of rotatable bonds is 4. The maximum absolute atomic E-state index is 4.88. The minimum absolute atomic E-state index is 0.553. The van der Waals surface area contributed by atoms with Crippen LogP contribution in [0.5, 0.6) is 0 Å². The molecular formula is C22H23N7. The Hall–Kier alpha value is -3.48. The molecule has 1 N–H and O–H groups in total. The molecule has 5 rings (SSSR count). The van der Waals surface area contributed by atoms with Crippen LogP contribution in [0.2, 0.25) is 0 Å². The Bertz CT molecular complexity index is 1200. The average Bonchev–Trinajstić information content (AvgIpc) is 3.31. The van der Waals surface area contributed by atoms with Gasteiger partial charge in [-0.15, -0.1) is 0 Å². The lowest BCUT2D eigenvalue weighted by Crippen LogP contribution is -2.09. The predicted octanol–water partition coefficient (Wildman–Crippen LogP) is 3.91. The van der Waals surface area contributed by atoms with Crippen molar-refractivity contribution in [3.63, 3.8) is 0 Å². The lowest BCUT2D eigenvalue weighted by atomic mass is 9.91. The van der Waals surface area contributed by atoms with Crippen LogP contribution < -0.4 is 5.32 Å². The number of aromatic nitrogens is 6. The minimum Gasteiger partial charge on any atom is -0.307 e. The number of anilines is 2. The van der Waals surface area contributed by atoms with E-state index in [-0.39, 0.29) is 0 Å². The molecule has 3 aromatic heterocycles. The van der Waals surface area contributed by atoms with Crippen LogP contribution in [0.25, 0.3) is 22.5 Å². The molecule has 0 unspecified atom stereocenters. The van der Waals surface area contributed by atoms with E-state index in [1.165, 1.54) is 5.56 Å². The number of benzene rings is 1. The van der Waals surface area contributed by atoms with Crippen molar-refractivity contribution in [2.45, 2.75) is 33.2 Å². The van der Waals surface area contributed by atoms with E-state index in [9.17, 15) is 0 Å². The van der Waals surface area contributed by atoms with Crippen molar-refractivity contribution in [1.82, 2.24) is 29.5 Å². The quantitative estimate of drug-likeness (QED) is 0.577. The van der Waals surface area contributed by atoms with Gasteiger partial charge in [-0.25, -0.2) is 9.97 Å². The van der Waals surface area contributed by atoms with Crippen LogP contribution in [-0.4, -0.2) is 29.5 Å². The van der Waals surface area contributed by atoms with Gasteiger partial charge in [-0.05, 0) is 38.3 Å². The zero-order valence-electron chi connectivity index (χ0n) is 16.8. The maximum atomic E-state index is 4.88. The summed E-state index contributed by atoms with van der Waals surface area (Å²) in [5.74, 6) is 1.30. The molecule has 0 aliphatic heterocycles. The summed E-state index contributed by atoms with van der Waals surface area (Å²) in [5, 5.41) is 12.5. The highest BCUT2D eigenvalue weighted by Gasteiger charge is 2.27. The molecule has 0 atom stereocenters. The fourth-order valence-corrected chi connectivity index (χ4v) is 3.97. The molecule has 3 heterocycles. The van der Waals surface area contributed by atoms with Crippen LogP contribution in [-0.2, 0) is 26.4 Å². The Morgan fingerprint density at radius 1 is 1.14 bits per heavy atom. The second-order valence-electron chi connectivity index (χ2n) is 7.41. The van der Waals surface area contributed by atoms with E-state index >= 15 is 0 Å². The van der Waals surface area contributed by atoms with Crippen molar-refractivity contribution in [2.75, 3.05) is 5.32 Å². The van der Waals surface area contributed by atoms with Crippen molar-refractivity contribution >= 4 is 11.8 Å². The summed E-state index contributed by atoms with van der Waals surface area (Å²) in [7, 11) is 2.01. The highest BCUT2D eigenvalue weighted by molar-refractivity contribution is 5.84. The van der Waals surface area contributed by atoms with E-state index in [0.29, 0.717) is 5.95 Å². The summed E-state index contributed by atoms with van der Waals surface area (Å²) < 4.78 is 3.85. The zero-order valence-corrected chi connectivity index (χ0v) is 16.8. The Morgan fingerprint density at radius 3 is 2.83 bits per heavy atom. The second kappa shape index (κ2) is 6.84. The molecule has 0 radical (unpaired) electrons. The second-order valence-corrected chi connectivity index (χ2v) is 7.41. The summed E-state index contributed by atoms with van der Waals surface area (Å²) in [4.78, 5) is 9.40. The van der Waals surface area contributed by atoms with Gasteiger partial charge in [0.15, 0.2) is 5.82 Å². The van der Waals surface area contributed by atoms with Crippen molar-refractivity contribution in [1.29, 1.82) is 0 Å². The lowest BCUT2D eigenvalue weighted by molar-refractivity contribution is 0.662. The molecule has 0 spiro atoms. The molecule has 7 nitrogen and oxygen atoms in total. The lowest BCUT2D eigenvalue weighted by Gasteiger charge is -2.17. The molecule has 7 heteroatoms. The van der Waals surface area contributed by atoms with Gasteiger partial charge in [0, 0.05) is 43.2 Å². The normalized spacial score (nSPS) is 12.5. The average molecular weight is 385 g/mol. The van der Waals surface area contributed by atoms with Gasteiger partial charge in [-0.1, -0.05) is 23.8 Å². The van der Waals surface area contributed by atoms with Crippen molar-refractivity contribution in [2.24, 2.45) is 7.05 Å². The highest BCUT2D eigenvalue weighted by Crippen LogP contribution is 2.39. The fraction of sp³-hybridized carbons (Fsp3) is 0.273. The fourth-order valence-electron chi connectivity index (χ4n) is 3.97. The van der Waals surface area contributed by atoms with Crippen molar-refractivity contribution in [3.05, 3.63) is 59.5 Å². The van der Waals surface area contributed by atoms with E-state index in [1.807, 2.05) is 34.9 Å². The first kappa shape index (κ1) is 17.6. The van der Waals surface area contributed by atoms with Gasteiger partial charge in [0.05, 0.1) is 17.1 Å². The molecule has 29 heavy (non-hydrogen) atoms. The number of hydrogen-bond donors (Lipinski definition) is 1. The number of aryl methyl sites for hydroxylation is 5. The molecule has 0 saturated heterocycles. The van der Waals surface area contributed by atoms with Gasteiger partial charge in [-0.3, -0.25) is 9.36 Å². The largest absolute Gasteiger partial charge is 0.307 e. The summed E-state index contributed by atoms with van der Waals surface area (Å²) in [5.41, 5.74) is 7.81. The topological polar surface area (TPSA) is 73.5 Å². The molecule has 0 fully saturated rings. The smallest absolute Gasteiger partial charge is 0.228 e. The minimum atomic E-state index is 0.553. The SMILES string of the molecule is CCn1ccc(Nc2ncc3c(n2)-c2c(nn(C)c2-c2cccc(C)c2)CC3)n1. The summed E-state index contributed by atoms with van der Waals surface area (Å²) >= 11 is 0. The third kappa shape index (κ3) is 3.08. The predicted molar refractivity (Wildman–Crippen MR) is 113 cm³/mol. The molecule has 146 valence electrons. The Labute approximate surface area is 169 Å². The van der Waals surface area contributed by atoms with Crippen LogP contribution in [0.15, 0.2) is 42.7 Å². The van der Waals surface area contributed by atoms with Crippen LogP contribution >= 0.6 is 0 Å². The van der Waals surface area contributed by atoms with Gasteiger partial charge in [0.1, 0.15) is 0 Å². The monoisotopic (exact) mass is 385 g/mol. The Balaban J connectivity index is 1.61. The number of fused-ring (bicyclic) bond motifs is 3. The third-order valence-electron chi connectivity index (χ3n) is 5.35. The standard InChI is InChI=1S/C22H23N7/c1-4-29-11-10-18(27-29)24-22-23-13-16-8-9-17-19(20(16)25-22)21(28(3)26-17)15-7-5-6-14(2)12-15/h5-7,10-13H,4,8-9H2,1-3H3,(H,23,24,25,27). The summed E-state index contributed by atoms with van der Waals surface area (Å²) in [6.45, 7) is 4.99. The first-order chi connectivity index (χ1) is 14.1. The maximum Gasteiger partial charge on any atom is 0.228 e. The van der Waals surface area contributed by atoms with E-state index in [1.54, 1.807) is 0 Å². The van der Waals surface area contributed by atoms with Crippen LogP contribution in [0.1, 0.15) is 23.7 Å². The van der Waals surface area contributed by atoms with Gasteiger partial charge >= 0.3 is 0 Å². The highest BCUT2D eigenvalue weighted by atomic mass is 15.3. The van der Waals surface area contributed by atoms with E-state index < -0.39 is 0 Å². The summed E-state index contributed by atoms with van der Waals surface area (Å²) in [6, 6.07) is 10.5. The molecule has 0 saturated carbocycles.